The second-order valence-corrected chi connectivity index (χ2v) is 11.5. The van der Waals surface area contributed by atoms with Crippen LogP contribution in [0.2, 0.25) is 5.02 Å². The molecule has 1 unspecified atom stereocenters. The van der Waals surface area contributed by atoms with E-state index in [9.17, 15) is 4.39 Å². The minimum atomic E-state index is -0.554. The molecule has 0 aliphatic carbocycles. The fourth-order valence-electron chi connectivity index (χ4n) is 5.49. The highest BCUT2D eigenvalue weighted by Gasteiger charge is 2.27. The van der Waals surface area contributed by atoms with E-state index in [-0.39, 0.29) is 18.1 Å². The molecule has 2 aliphatic rings. The summed E-state index contributed by atoms with van der Waals surface area (Å²) in [7, 11) is 0. The second kappa shape index (κ2) is 11.9. The van der Waals surface area contributed by atoms with Gasteiger partial charge in [-0.3, -0.25) is 4.90 Å². The molecule has 11 nitrogen and oxygen atoms in total. The molecule has 7 rings (SSSR count). The number of hydrogen-bond acceptors (Lipinski definition) is 9. The van der Waals surface area contributed by atoms with Crippen molar-refractivity contribution in [1.29, 1.82) is 0 Å². The number of halogens is 2. The number of hydrogen-bond donors (Lipinski definition) is 1. The van der Waals surface area contributed by atoms with E-state index < -0.39 is 5.82 Å². The number of aromatic amines is 1. The number of likely N-dealkylation sites (tertiary alicyclic amines) is 1. The lowest BCUT2D eigenvalue weighted by Gasteiger charge is -2.32. The first-order valence-corrected chi connectivity index (χ1v) is 14.9. The zero-order valence-corrected chi connectivity index (χ0v) is 24.5. The zero-order chi connectivity index (χ0) is 29.3. The predicted octanol–water partition coefficient (Wildman–Crippen LogP) is 4.53. The van der Waals surface area contributed by atoms with Gasteiger partial charge in [-0.2, -0.15) is 9.37 Å². The van der Waals surface area contributed by atoms with Crippen molar-refractivity contribution in [2.75, 3.05) is 19.7 Å². The van der Waals surface area contributed by atoms with Gasteiger partial charge < -0.3 is 19.0 Å². The van der Waals surface area contributed by atoms with Crippen LogP contribution in [-0.2, 0) is 24.2 Å². The molecule has 222 valence electrons. The number of aromatic nitrogens is 8. The quantitative estimate of drug-likeness (QED) is 0.259. The summed E-state index contributed by atoms with van der Waals surface area (Å²) in [5.41, 5.74) is 3.48. The van der Waals surface area contributed by atoms with Gasteiger partial charge in [-0.25, -0.2) is 15.0 Å². The number of H-pyrrole nitrogens is 1. The van der Waals surface area contributed by atoms with E-state index in [1.165, 1.54) is 6.20 Å². The number of benzene rings is 1. The van der Waals surface area contributed by atoms with Crippen LogP contribution < -0.4 is 4.74 Å². The largest absolute Gasteiger partial charge is 0.472 e. The van der Waals surface area contributed by atoms with Gasteiger partial charge in [0.25, 0.3) is 5.88 Å². The molecule has 2 aliphatic heterocycles. The minimum Gasteiger partial charge on any atom is -0.472 e. The van der Waals surface area contributed by atoms with Gasteiger partial charge in [0.1, 0.15) is 29.1 Å². The van der Waals surface area contributed by atoms with Gasteiger partial charge in [0.15, 0.2) is 11.5 Å². The van der Waals surface area contributed by atoms with E-state index in [1.54, 1.807) is 0 Å². The summed E-state index contributed by atoms with van der Waals surface area (Å²) >= 11 is 5.98. The molecule has 4 aromatic heterocycles. The van der Waals surface area contributed by atoms with E-state index in [0.29, 0.717) is 36.2 Å². The molecule has 1 aromatic carbocycles. The number of ether oxygens (including phenoxy) is 2. The number of imidazole rings is 1. The minimum absolute atomic E-state index is 0.00327. The molecular weight excluding hydrogens is 573 g/mol. The number of aryl methyl sites for hydroxylation is 1. The number of pyridine rings is 1. The summed E-state index contributed by atoms with van der Waals surface area (Å²) in [5, 5.41) is 8.93. The summed E-state index contributed by atoms with van der Waals surface area (Å²) < 4.78 is 28.6. The summed E-state index contributed by atoms with van der Waals surface area (Å²) in [5.74, 6) is 2.31. The third kappa shape index (κ3) is 6.22. The van der Waals surface area contributed by atoms with Crippen molar-refractivity contribution >= 4 is 22.8 Å². The van der Waals surface area contributed by atoms with E-state index in [4.69, 9.17) is 31.0 Å². The first kappa shape index (κ1) is 27.8. The lowest BCUT2D eigenvalue weighted by atomic mass is 10.1. The molecule has 43 heavy (non-hydrogen) atoms. The monoisotopic (exact) mass is 603 g/mol. The molecule has 0 saturated carbocycles. The molecule has 0 radical (unpaired) electrons. The molecule has 1 N–H and O–H groups in total. The van der Waals surface area contributed by atoms with Crippen LogP contribution in [0.25, 0.3) is 22.6 Å². The number of piperidine rings is 1. The summed E-state index contributed by atoms with van der Waals surface area (Å²) in [6.07, 6.45) is 6.00. The van der Waals surface area contributed by atoms with Crippen molar-refractivity contribution in [3.8, 4) is 17.3 Å². The van der Waals surface area contributed by atoms with Crippen molar-refractivity contribution in [3.05, 3.63) is 76.6 Å². The molecule has 1 atom stereocenters. The van der Waals surface area contributed by atoms with Crippen molar-refractivity contribution in [3.63, 3.8) is 0 Å². The maximum atomic E-state index is 14.6. The van der Waals surface area contributed by atoms with Gasteiger partial charge in [0.2, 0.25) is 5.82 Å². The summed E-state index contributed by atoms with van der Waals surface area (Å²) in [6.45, 7) is 5.61. The van der Waals surface area contributed by atoms with Crippen molar-refractivity contribution in [2.45, 2.75) is 57.9 Å². The molecule has 0 amide bonds. The van der Waals surface area contributed by atoms with Crippen LogP contribution in [0.5, 0.6) is 5.88 Å². The van der Waals surface area contributed by atoms with E-state index in [2.05, 4.69) is 34.6 Å². The first-order valence-electron chi connectivity index (χ1n) is 14.5. The number of fused-ring (bicyclic) bond motifs is 1. The molecule has 2 saturated heterocycles. The van der Waals surface area contributed by atoms with E-state index in [0.717, 1.165) is 72.9 Å². The predicted molar refractivity (Wildman–Crippen MR) is 157 cm³/mol. The Kier molecular flexibility index (Phi) is 7.72. The van der Waals surface area contributed by atoms with Gasteiger partial charge >= 0.3 is 0 Å². The van der Waals surface area contributed by atoms with E-state index in [1.807, 2.05) is 43.5 Å². The highest BCUT2D eigenvalue weighted by Crippen LogP contribution is 2.26. The van der Waals surface area contributed by atoms with Crippen LogP contribution in [0.15, 0.2) is 42.7 Å². The van der Waals surface area contributed by atoms with Crippen molar-refractivity contribution in [1.82, 2.24) is 44.6 Å². The van der Waals surface area contributed by atoms with Crippen LogP contribution >= 0.6 is 11.6 Å². The SMILES string of the molecule is Cc1nnc(-c2cnc3c(c2)nc(CN2CCC(Oc4nc(Cc5ccc(Cl)cc5)ncc4F)CC2)n3CC2CCO2)[nH]1. The Morgan fingerprint density at radius 1 is 1.07 bits per heavy atom. The standard InChI is InChI=1S/C30H31ClFN9O2/c1-18-35-28(39-38-18)20-13-25-29(34-14-20)41(16-23-8-11-42-23)27(36-25)17-40-9-6-22(7-10-40)43-30-24(32)15-33-26(37-30)12-19-2-4-21(31)5-3-19/h2-5,13-15,22-23H,6-12,16-17H2,1H3,(H,35,38,39). The molecular formula is C30H31ClFN9O2. The Bertz CT molecular complexity index is 1730. The van der Waals surface area contributed by atoms with Crippen LogP contribution in [0.4, 0.5) is 4.39 Å². The van der Waals surface area contributed by atoms with Gasteiger partial charge in [0, 0.05) is 42.9 Å². The molecule has 13 heteroatoms. The molecule has 6 heterocycles. The molecule has 2 fully saturated rings. The van der Waals surface area contributed by atoms with Crippen LogP contribution in [0.3, 0.4) is 0 Å². The average molecular weight is 604 g/mol. The third-order valence-corrected chi connectivity index (χ3v) is 8.18. The van der Waals surface area contributed by atoms with Gasteiger partial charge in [0.05, 0.1) is 25.4 Å². The summed E-state index contributed by atoms with van der Waals surface area (Å²) in [4.78, 5) is 23.8. The number of nitrogens with one attached hydrogen (secondary N) is 1. The van der Waals surface area contributed by atoms with Crippen molar-refractivity contribution in [2.24, 2.45) is 0 Å². The fraction of sp³-hybridized carbons (Fsp3) is 0.400. The fourth-order valence-corrected chi connectivity index (χ4v) is 5.62. The number of rotatable bonds is 9. The number of nitrogens with zero attached hydrogens (tertiary/aromatic N) is 8. The topological polar surface area (TPSA) is 120 Å². The van der Waals surface area contributed by atoms with Crippen molar-refractivity contribution < 1.29 is 13.9 Å². The second-order valence-electron chi connectivity index (χ2n) is 11.1. The molecule has 5 aromatic rings. The van der Waals surface area contributed by atoms with Crippen LogP contribution in [0.1, 0.15) is 42.3 Å². The normalized spacial score (nSPS) is 17.8. The first-order chi connectivity index (χ1) is 21.0. The Morgan fingerprint density at radius 3 is 2.60 bits per heavy atom. The third-order valence-electron chi connectivity index (χ3n) is 7.93. The van der Waals surface area contributed by atoms with Crippen LogP contribution in [-0.4, -0.2) is 76.5 Å². The lowest BCUT2D eigenvalue weighted by molar-refractivity contribution is -0.0593. The Balaban J connectivity index is 1.02. The maximum Gasteiger partial charge on any atom is 0.254 e. The van der Waals surface area contributed by atoms with Gasteiger partial charge in [-0.1, -0.05) is 23.7 Å². The average Bonchev–Trinajstić information content (AvgIpc) is 3.57. The molecule has 0 spiro atoms. The Morgan fingerprint density at radius 2 is 1.88 bits per heavy atom. The Labute approximate surface area is 252 Å². The highest BCUT2D eigenvalue weighted by molar-refractivity contribution is 6.30. The maximum absolute atomic E-state index is 14.6. The van der Waals surface area contributed by atoms with E-state index >= 15 is 0 Å². The lowest BCUT2D eigenvalue weighted by Crippen LogP contribution is -2.39. The smallest absolute Gasteiger partial charge is 0.254 e. The van der Waals surface area contributed by atoms with Crippen LogP contribution in [0, 0.1) is 12.7 Å². The van der Waals surface area contributed by atoms with Gasteiger partial charge in [-0.05, 0) is 49.9 Å². The summed E-state index contributed by atoms with van der Waals surface area (Å²) in [6, 6.07) is 9.45. The Hall–Kier alpha value is -4.00. The van der Waals surface area contributed by atoms with Gasteiger partial charge in [-0.15, -0.1) is 10.2 Å². The zero-order valence-electron chi connectivity index (χ0n) is 23.7. The molecule has 0 bridgehead atoms. The highest BCUT2D eigenvalue weighted by atomic mass is 35.5.